The zero-order valence-electron chi connectivity index (χ0n) is 22.0. The van der Waals surface area contributed by atoms with E-state index in [4.69, 9.17) is 30.1 Å². The second-order valence-electron chi connectivity index (χ2n) is 8.36. The molecule has 1 atom stereocenters. The van der Waals surface area contributed by atoms with Crippen LogP contribution >= 0.6 is 0 Å². The number of H-pyrrole nitrogens is 1. The van der Waals surface area contributed by atoms with Crippen LogP contribution in [0.5, 0.6) is 17.2 Å². The van der Waals surface area contributed by atoms with Gasteiger partial charge >= 0.3 is 11.7 Å². The molecule has 4 aromatic rings. The number of aromatic amines is 1. The van der Waals surface area contributed by atoms with Crippen LogP contribution in [0.3, 0.4) is 0 Å². The van der Waals surface area contributed by atoms with Crippen molar-refractivity contribution in [3.8, 4) is 23.1 Å². The van der Waals surface area contributed by atoms with E-state index in [-0.39, 0.29) is 28.8 Å². The summed E-state index contributed by atoms with van der Waals surface area (Å²) < 4.78 is 22.7. The number of nitrogens with one attached hydrogen (secondary N) is 3. The van der Waals surface area contributed by atoms with Crippen molar-refractivity contribution in [2.24, 2.45) is 5.73 Å². The van der Waals surface area contributed by atoms with Crippen molar-refractivity contribution >= 4 is 17.5 Å². The number of esters is 1. The third-order valence-electron chi connectivity index (χ3n) is 5.59. The van der Waals surface area contributed by atoms with Gasteiger partial charge < -0.3 is 30.0 Å². The Labute approximate surface area is 228 Å². The molecule has 0 aliphatic heterocycles. The van der Waals surface area contributed by atoms with Crippen LogP contribution in [-0.4, -0.2) is 64.2 Å². The number of benzene rings is 2. The van der Waals surface area contributed by atoms with Crippen LogP contribution in [0.25, 0.3) is 5.82 Å². The molecule has 40 heavy (non-hydrogen) atoms. The highest BCUT2D eigenvalue weighted by Crippen LogP contribution is 2.34. The Morgan fingerprint density at radius 2 is 1.95 bits per heavy atom. The maximum absolute atomic E-state index is 12.8. The molecule has 0 aliphatic carbocycles. The maximum atomic E-state index is 12.8. The fraction of sp³-hybridized carbons (Fsp3) is 0.231. The maximum Gasteiger partial charge on any atom is 0.349 e. The summed E-state index contributed by atoms with van der Waals surface area (Å²) in [4.78, 5) is 27.3. The van der Waals surface area contributed by atoms with E-state index >= 15 is 0 Å². The van der Waals surface area contributed by atoms with Crippen molar-refractivity contribution in [3.05, 3.63) is 82.2 Å². The minimum Gasteiger partial charge on any atom is -0.493 e. The molecule has 0 amide bonds. The average Bonchev–Trinajstić information content (AvgIpc) is 3.33. The number of ether oxygens (including phenoxy) is 4. The van der Waals surface area contributed by atoms with Gasteiger partial charge in [-0.3, -0.25) is 15.2 Å². The predicted octanol–water partition coefficient (Wildman–Crippen LogP) is 1.80. The number of nitrogens with two attached hydrogens (primary N) is 1. The minimum absolute atomic E-state index is 0.0989. The highest BCUT2D eigenvalue weighted by atomic mass is 16.5. The molecule has 0 unspecified atom stereocenters. The SMILES string of the molecule is COCCOc1ccc([C@H](Nc2ccc(C(=N)N)c(OC(C)=O)c2)c2nn(-c3cccnn3)c(=O)[nH]2)cc1OC. The van der Waals surface area contributed by atoms with E-state index in [2.05, 4.69) is 25.6 Å². The molecule has 0 spiro atoms. The Kier molecular flexibility index (Phi) is 8.71. The van der Waals surface area contributed by atoms with Gasteiger partial charge in [-0.1, -0.05) is 6.07 Å². The van der Waals surface area contributed by atoms with Gasteiger partial charge in [-0.25, -0.2) is 4.79 Å². The number of hydrogen-bond acceptors (Lipinski definition) is 11. The third kappa shape index (κ3) is 6.42. The number of aromatic nitrogens is 5. The van der Waals surface area contributed by atoms with Crippen molar-refractivity contribution in [2.75, 3.05) is 32.8 Å². The lowest BCUT2D eigenvalue weighted by molar-refractivity contribution is -0.131. The summed E-state index contributed by atoms with van der Waals surface area (Å²) in [6, 6.07) is 12.5. The Morgan fingerprint density at radius 1 is 1.12 bits per heavy atom. The number of nitrogens with zero attached hydrogens (tertiary/aromatic N) is 4. The van der Waals surface area contributed by atoms with E-state index in [1.807, 2.05) is 0 Å². The van der Waals surface area contributed by atoms with E-state index in [9.17, 15) is 9.59 Å². The first-order valence-corrected chi connectivity index (χ1v) is 12.0. The fourth-order valence-corrected chi connectivity index (χ4v) is 3.80. The first-order valence-electron chi connectivity index (χ1n) is 12.0. The second-order valence-corrected chi connectivity index (χ2v) is 8.36. The number of hydrogen-bond donors (Lipinski definition) is 4. The van der Waals surface area contributed by atoms with Crippen LogP contribution in [0.4, 0.5) is 5.69 Å². The van der Waals surface area contributed by atoms with Crippen molar-refractivity contribution in [1.82, 2.24) is 25.0 Å². The molecular weight excluding hydrogens is 520 g/mol. The zero-order chi connectivity index (χ0) is 28.6. The molecule has 4 rings (SSSR count). The van der Waals surface area contributed by atoms with Gasteiger partial charge in [0.15, 0.2) is 23.1 Å². The van der Waals surface area contributed by atoms with Crippen LogP contribution in [0.1, 0.15) is 29.9 Å². The van der Waals surface area contributed by atoms with Crippen LogP contribution < -0.4 is 31.0 Å². The molecular formula is C26H28N8O6. The zero-order valence-corrected chi connectivity index (χ0v) is 22.0. The van der Waals surface area contributed by atoms with Gasteiger partial charge in [-0.15, -0.1) is 10.2 Å². The Morgan fingerprint density at radius 3 is 2.62 bits per heavy atom. The standard InChI is InChI=1S/C26H28N8O6/c1-15(35)40-20-14-17(7-8-18(20)24(27)28)30-23(16-6-9-19(21(13-16)38-3)39-12-11-37-2)25-31-26(36)34(33-25)22-5-4-10-29-32-22/h4-10,13-14,23,30H,11-12H2,1-3H3,(H3,27,28)(H,31,33,36)/t23-/m0/s1. The lowest BCUT2D eigenvalue weighted by atomic mass is 10.0. The second kappa shape index (κ2) is 12.5. The topological polar surface area (TPSA) is 192 Å². The molecule has 208 valence electrons. The summed E-state index contributed by atoms with van der Waals surface area (Å²) in [6.45, 7) is 1.97. The van der Waals surface area contributed by atoms with E-state index in [0.29, 0.717) is 36.0 Å². The molecule has 0 fully saturated rings. The Bertz CT molecular complexity index is 1550. The predicted molar refractivity (Wildman–Crippen MR) is 144 cm³/mol. The number of carbonyl (C=O) groups excluding carboxylic acids is 1. The first kappa shape index (κ1) is 27.8. The molecule has 0 saturated heterocycles. The molecule has 14 heteroatoms. The van der Waals surface area contributed by atoms with Crippen LogP contribution in [0.15, 0.2) is 59.5 Å². The fourth-order valence-electron chi connectivity index (χ4n) is 3.80. The summed E-state index contributed by atoms with van der Waals surface area (Å²) in [5.74, 6) is 0.692. The summed E-state index contributed by atoms with van der Waals surface area (Å²) >= 11 is 0. The smallest absolute Gasteiger partial charge is 0.349 e. The lowest BCUT2D eigenvalue weighted by Gasteiger charge is -2.21. The molecule has 2 heterocycles. The van der Waals surface area contributed by atoms with Gasteiger partial charge in [0.05, 0.1) is 19.3 Å². The number of carbonyl (C=O) groups is 1. The summed E-state index contributed by atoms with van der Waals surface area (Å²) in [7, 11) is 3.10. The van der Waals surface area contributed by atoms with Crippen LogP contribution in [0.2, 0.25) is 0 Å². The van der Waals surface area contributed by atoms with Gasteiger partial charge in [0.25, 0.3) is 0 Å². The van der Waals surface area contributed by atoms with Crippen LogP contribution in [0, 0.1) is 5.41 Å². The van der Waals surface area contributed by atoms with Crippen molar-refractivity contribution in [1.29, 1.82) is 5.41 Å². The number of amidine groups is 1. The van der Waals surface area contributed by atoms with Crippen LogP contribution in [-0.2, 0) is 9.53 Å². The van der Waals surface area contributed by atoms with Gasteiger partial charge in [0.1, 0.15) is 24.2 Å². The molecule has 2 aromatic carbocycles. The van der Waals surface area contributed by atoms with Gasteiger partial charge in [-0.05, 0) is 42.0 Å². The van der Waals surface area contributed by atoms with Gasteiger partial charge in [-0.2, -0.15) is 9.78 Å². The lowest BCUT2D eigenvalue weighted by Crippen LogP contribution is -2.17. The minimum atomic E-state index is -0.735. The third-order valence-corrected chi connectivity index (χ3v) is 5.59. The molecule has 14 nitrogen and oxygen atoms in total. The largest absolute Gasteiger partial charge is 0.493 e. The van der Waals surface area contributed by atoms with Crippen molar-refractivity contribution in [3.63, 3.8) is 0 Å². The summed E-state index contributed by atoms with van der Waals surface area (Å²) in [6.07, 6.45) is 1.49. The highest BCUT2D eigenvalue weighted by Gasteiger charge is 2.23. The molecule has 0 radical (unpaired) electrons. The van der Waals surface area contributed by atoms with Crippen molar-refractivity contribution < 1.29 is 23.7 Å². The first-order chi connectivity index (χ1) is 19.3. The quantitative estimate of drug-likeness (QED) is 0.0663. The number of rotatable bonds is 12. The highest BCUT2D eigenvalue weighted by molar-refractivity contribution is 5.98. The van der Waals surface area contributed by atoms with E-state index in [1.165, 1.54) is 26.3 Å². The number of methoxy groups -OCH3 is 2. The molecule has 0 aliphatic rings. The monoisotopic (exact) mass is 548 g/mol. The molecule has 5 N–H and O–H groups in total. The molecule has 2 aromatic heterocycles. The molecule has 0 bridgehead atoms. The van der Waals surface area contributed by atoms with E-state index in [0.717, 1.165) is 4.68 Å². The molecule has 0 saturated carbocycles. The Hall–Kier alpha value is -5.24. The number of nitrogen functional groups attached to an aromatic ring is 1. The average molecular weight is 549 g/mol. The van der Waals surface area contributed by atoms with E-state index in [1.54, 1.807) is 49.6 Å². The normalized spacial score (nSPS) is 11.5. The van der Waals surface area contributed by atoms with Gasteiger partial charge in [0.2, 0.25) is 0 Å². The summed E-state index contributed by atoms with van der Waals surface area (Å²) in [5, 5.41) is 23.3. The van der Waals surface area contributed by atoms with E-state index < -0.39 is 17.7 Å². The van der Waals surface area contributed by atoms with Gasteiger partial charge in [0, 0.05) is 32.0 Å². The Balaban J connectivity index is 1.79. The van der Waals surface area contributed by atoms with Crippen molar-refractivity contribution in [2.45, 2.75) is 13.0 Å². The summed E-state index contributed by atoms with van der Waals surface area (Å²) in [5.41, 5.74) is 6.52. The number of anilines is 1.